The maximum atomic E-state index is 13.1. The van der Waals surface area contributed by atoms with E-state index in [9.17, 15) is 4.79 Å². The number of aryl methyl sites for hydroxylation is 1. The van der Waals surface area contributed by atoms with E-state index >= 15 is 0 Å². The van der Waals surface area contributed by atoms with Gasteiger partial charge >= 0.3 is 0 Å². The molecule has 0 bridgehead atoms. The van der Waals surface area contributed by atoms with Gasteiger partial charge in [0.15, 0.2) is 5.82 Å². The Labute approximate surface area is 167 Å². The highest BCUT2D eigenvalue weighted by Crippen LogP contribution is 2.26. The van der Waals surface area contributed by atoms with Gasteiger partial charge in [-0.1, -0.05) is 30.7 Å². The number of benzene rings is 1. The van der Waals surface area contributed by atoms with Crippen molar-refractivity contribution in [2.45, 2.75) is 26.7 Å². The standard InChI is InChI=1S/C22H29N5O/c1-3-25-11-13-26(14-12-25)21-19(22(28)27-9-4-5-10-27)16-23-20(24-21)18-8-6-7-17(2)15-18/h6-8,15-16H,3-5,9-14H2,1-2H3. The van der Waals surface area contributed by atoms with E-state index in [1.165, 1.54) is 5.56 Å². The third-order valence-corrected chi connectivity index (χ3v) is 5.79. The van der Waals surface area contributed by atoms with Crippen molar-refractivity contribution in [3.63, 3.8) is 0 Å². The number of rotatable bonds is 4. The molecule has 2 fully saturated rings. The summed E-state index contributed by atoms with van der Waals surface area (Å²) in [4.78, 5) is 29.2. The van der Waals surface area contributed by atoms with E-state index < -0.39 is 0 Å². The molecule has 1 amide bonds. The maximum absolute atomic E-state index is 13.1. The molecule has 0 N–H and O–H groups in total. The fourth-order valence-electron chi connectivity index (χ4n) is 4.05. The van der Waals surface area contributed by atoms with Gasteiger partial charge in [0.2, 0.25) is 0 Å². The van der Waals surface area contributed by atoms with Gasteiger partial charge in [0, 0.05) is 51.0 Å². The Morgan fingerprint density at radius 3 is 2.50 bits per heavy atom. The molecule has 0 aliphatic carbocycles. The fourth-order valence-corrected chi connectivity index (χ4v) is 4.05. The van der Waals surface area contributed by atoms with Crippen molar-refractivity contribution in [3.8, 4) is 11.4 Å². The van der Waals surface area contributed by atoms with E-state index in [2.05, 4.69) is 40.8 Å². The molecule has 1 aromatic heterocycles. The summed E-state index contributed by atoms with van der Waals surface area (Å²) in [5.41, 5.74) is 2.81. The van der Waals surface area contributed by atoms with Crippen LogP contribution in [0.2, 0.25) is 0 Å². The van der Waals surface area contributed by atoms with Gasteiger partial charge in [-0.3, -0.25) is 4.79 Å². The van der Waals surface area contributed by atoms with Gasteiger partial charge in [0.1, 0.15) is 11.4 Å². The number of hydrogen-bond donors (Lipinski definition) is 0. The number of nitrogens with zero attached hydrogens (tertiary/aromatic N) is 5. The Kier molecular flexibility index (Phi) is 5.57. The topological polar surface area (TPSA) is 52.6 Å². The molecule has 4 rings (SSSR count). The second kappa shape index (κ2) is 8.27. The first-order valence-corrected chi connectivity index (χ1v) is 10.4. The van der Waals surface area contributed by atoms with Gasteiger partial charge in [-0.15, -0.1) is 0 Å². The Balaban J connectivity index is 1.70. The fraction of sp³-hybridized carbons (Fsp3) is 0.500. The molecular formula is C22H29N5O. The number of likely N-dealkylation sites (N-methyl/N-ethyl adjacent to an activating group) is 1. The van der Waals surface area contributed by atoms with E-state index in [1.807, 2.05) is 17.0 Å². The lowest BCUT2D eigenvalue weighted by atomic mass is 10.1. The molecule has 2 aliphatic heterocycles. The third kappa shape index (κ3) is 3.87. The van der Waals surface area contributed by atoms with Crippen molar-refractivity contribution < 1.29 is 4.79 Å². The number of anilines is 1. The summed E-state index contributed by atoms with van der Waals surface area (Å²) < 4.78 is 0. The zero-order valence-electron chi connectivity index (χ0n) is 16.9. The summed E-state index contributed by atoms with van der Waals surface area (Å²) in [5.74, 6) is 1.55. The van der Waals surface area contributed by atoms with Crippen molar-refractivity contribution in [2.24, 2.45) is 0 Å². The molecule has 1 aromatic carbocycles. The van der Waals surface area contributed by atoms with Crippen molar-refractivity contribution >= 4 is 11.7 Å². The normalized spacial score (nSPS) is 17.9. The minimum absolute atomic E-state index is 0.0706. The average Bonchev–Trinajstić information content (AvgIpc) is 3.28. The molecule has 28 heavy (non-hydrogen) atoms. The first kappa shape index (κ1) is 18.9. The van der Waals surface area contributed by atoms with Crippen molar-refractivity contribution in [2.75, 3.05) is 50.7 Å². The molecule has 2 aromatic rings. The van der Waals surface area contributed by atoms with E-state index in [0.717, 1.165) is 70.0 Å². The van der Waals surface area contributed by atoms with Crippen LogP contribution in [0.1, 0.15) is 35.7 Å². The molecule has 148 valence electrons. The minimum atomic E-state index is 0.0706. The highest BCUT2D eigenvalue weighted by Gasteiger charge is 2.27. The van der Waals surface area contributed by atoms with E-state index in [-0.39, 0.29) is 5.91 Å². The number of aromatic nitrogens is 2. The predicted molar refractivity (Wildman–Crippen MR) is 112 cm³/mol. The SMILES string of the molecule is CCN1CCN(c2nc(-c3cccc(C)c3)ncc2C(=O)N2CCCC2)CC1. The Morgan fingerprint density at radius 2 is 1.82 bits per heavy atom. The number of carbonyl (C=O) groups is 1. The van der Waals surface area contributed by atoms with Gasteiger partial charge in [0.25, 0.3) is 5.91 Å². The van der Waals surface area contributed by atoms with Gasteiger partial charge < -0.3 is 14.7 Å². The number of piperazine rings is 1. The minimum Gasteiger partial charge on any atom is -0.353 e. The lowest BCUT2D eigenvalue weighted by molar-refractivity contribution is 0.0792. The van der Waals surface area contributed by atoms with E-state index in [0.29, 0.717) is 11.4 Å². The van der Waals surface area contributed by atoms with Crippen molar-refractivity contribution in [3.05, 3.63) is 41.6 Å². The van der Waals surface area contributed by atoms with Gasteiger partial charge in [-0.2, -0.15) is 0 Å². The Bertz CT molecular complexity index is 839. The molecule has 3 heterocycles. The van der Waals surface area contributed by atoms with E-state index in [4.69, 9.17) is 4.98 Å². The highest BCUT2D eigenvalue weighted by molar-refractivity contribution is 5.99. The lowest BCUT2D eigenvalue weighted by Crippen LogP contribution is -2.47. The summed E-state index contributed by atoms with van der Waals surface area (Å²) in [7, 11) is 0. The van der Waals surface area contributed by atoms with Crippen molar-refractivity contribution in [1.82, 2.24) is 19.8 Å². The van der Waals surface area contributed by atoms with Crippen LogP contribution in [0.25, 0.3) is 11.4 Å². The molecule has 0 unspecified atom stereocenters. The maximum Gasteiger partial charge on any atom is 0.259 e. The molecule has 0 saturated carbocycles. The van der Waals surface area contributed by atoms with Crippen LogP contribution in [0.5, 0.6) is 0 Å². The highest BCUT2D eigenvalue weighted by atomic mass is 16.2. The quantitative estimate of drug-likeness (QED) is 0.818. The summed E-state index contributed by atoms with van der Waals surface area (Å²) in [6, 6.07) is 8.22. The molecule has 2 saturated heterocycles. The molecule has 2 aliphatic rings. The Morgan fingerprint density at radius 1 is 1.07 bits per heavy atom. The largest absolute Gasteiger partial charge is 0.353 e. The second-order valence-electron chi connectivity index (χ2n) is 7.72. The summed E-state index contributed by atoms with van der Waals surface area (Å²) in [6.07, 6.45) is 3.91. The van der Waals surface area contributed by atoms with Gasteiger partial charge in [0.05, 0.1) is 0 Å². The molecule has 6 heteroatoms. The molecular weight excluding hydrogens is 350 g/mol. The van der Waals surface area contributed by atoms with Crippen LogP contribution < -0.4 is 4.90 Å². The van der Waals surface area contributed by atoms with Crippen LogP contribution in [-0.4, -0.2) is 71.5 Å². The average molecular weight is 380 g/mol. The van der Waals surface area contributed by atoms with Gasteiger partial charge in [-0.05, 0) is 32.4 Å². The first-order valence-electron chi connectivity index (χ1n) is 10.4. The number of carbonyl (C=O) groups excluding carboxylic acids is 1. The number of likely N-dealkylation sites (tertiary alicyclic amines) is 1. The van der Waals surface area contributed by atoms with Crippen LogP contribution in [-0.2, 0) is 0 Å². The zero-order valence-corrected chi connectivity index (χ0v) is 16.9. The molecule has 6 nitrogen and oxygen atoms in total. The summed E-state index contributed by atoms with van der Waals surface area (Å²) in [5, 5.41) is 0. The molecule has 0 radical (unpaired) electrons. The van der Waals surface area contributed by atoms with Crippen LogP contribution >= 0.6 is 0 Å². The number of amides is 1. The summed E-state index contributed by atoms with van der Waals surface area (Å²) >= 11 is 0. The monoisotopic (exact) mass is 379 g/mol. The predicted octanol–water partition coefficient (Wildman–Crippen LogP) is 2.83. The lowest BCUT2D eigenvalue weighted by Gasteiger charge is -2.35. The van der Waals surface area contributed by atoms with E-state index in [1.54, 1.807) is 6.20 Å². The van der Waals surface area contributed by atoms with Crippen LogP contribution in [0, 0.1) is 6.92 Å². The first-order chi connectivity index (χ1) is 13.7. The molecule has 0 spiro atoms. The number of hydrogen-bond acceptors (Lipinski definition) is 5. The molecule has 0 atom stereocenters. The zero-order chi connectivity index (χ0) is 19.5. The van der Waals surface area contributed by atoms with Crippen molar-refractivity contribution in [1.29, 1.82) is 0 Å². The third-order valence-electron chi connectivity index (χ3n) is 5.79. The van der Waals surface area contributed by atoms with Crippen LogP contribution in [0.4, 0.5) is 5.82 Å². The Hall–Kier alpha value is -2.47. The second-order valence-corrected chi connectivity index (χ2v) is 7.72. The smallest absolute Gasteiger partial charge is 0.259 e. The van der Waals surface area contributed by atoms with Crippen LogP contribution in [0.15, 0.2) is 30.5 Å². The van der Waals surface area contributed by atoms with Crippen LogP contribution in [0.3, 0.4) is 0 Å². The van der Waals surface area contributed by atoms with Gasteiger partial charge in [-0.25, -0.2) is 9.97 Å². The summed E-state index contributed by atoms with van der Waals surface area (Å²) in [6.45, 7) is 10.8.